The molecule has 31 heavy (non-hydrogen) atoms. The Hall–Kier alpha value is -3.15. The van der Waals surface area contributed by atoms with Crippen LogP contribution in [-0.2, 0) is 17.6 Å². The van der Waals surface area contributed by atoms with Crippen LogP contribution in [0, 0.1) is 0 Å². The number of hydrogen-bond acceptors (Lipinski definition) is 5. The molecule has 0 saturated carbocycles. The third-order valence-corrected chi connectivity index (χ3v) is 6.19. The normalized spacial score (nSPS) is 17.9. The molecule has 1 aliphatic carbocycles. The van der Waals surface area contributed by atoms with Crippen LogP contribution in [0.5, 0.6) is 5.75 Å². The van der Waals surface area contributed by atoms with Gasteiger partial charge in [0.25, 0.3) is 5.89 Å². The van der Waals surface area contributed by atoms with Crippen molar-refractivity contribution in [2.45, 2.75) is 51.4 Å². The van der Waals surface area contributed by atoms with E-state index in [4.69, 9.17) is 9.26 Å². The number of amides is 1. The molecule has 3 aromatic rings. The van der Waals surface area contributed by atoms with Gasteiger partial charge in [-0.15, -0.1) is 0 Å². The molecular weight excluding hydrogens is 390 g/mol. The van der Waals surface area contributed by atoms with Crippen molar-refractivity contribution in [3.63, 3.8) is 0 Å². The Morgan fingerprint density at radius 1 is 1.13 bits per heavy atom. The molecule has 0 spiro atoms. The van der Waals surface area contributed by atoms with E-state index in [1.165, 1.54) is 17.5 Å². The highest BCUT2D eigenvalue weighted by Crippen LogP contribution is 2.34. The van der Waals surface area contributed by atoms with Crippen LogP contribution in [0.3, 0.4) is 0 Å². The third kappa shape index (κ3) is 4.07. The van der Waals surface area contributed by atoms with Gasteiger partial charge in [-0.05, 0) is 73.2 Å². The number of benzene rings is 2. The van der Waals surface area contributed by atoms with Crippen molar-refractivity contribution in [1.82, 2.24) is 10.1 Å². The van der Waals surface area contributed by atoms with E-state index >= 15 is 0 Å². The summed E-state index contributed by atoms with van der Waals surface area (Å²) in [5.41, 5.74) is 4.62. The van der Waals surface area contributed by atoms with Crippen LogP contribution in [0.25, 0.3) is 11.5 Å². The van der Waals surface area contributed by atoms with E-state index < -0.39 is 0 Å². The molecule has 1 atom stereocenters. The minimum absolute atomic E-state index is 0.0603. The molecule has 6 heteroatoms. The summed E-state index contributed by atoms with van der Waals surface area (Å²) in [6, 6.07) is 14.1. The highest BCUT2D eigenvalue weighted by atomic mass is 16.5. The number of ether oxygens (including phenoxy) is 1. The van der Waals surface area contributed by atoms with Gasteiger partial charge in [-0.1, -0.05) is 24.6 Å². The molecule has 0 N–H and O–H groups in total. The van der Waals surface area contributed by atoms with Crippen LogP contribution >= 0.6 is 0 Å². The zero-order valence-corrected chi connectivity index (χ0v) is 17.8. The van der Waals surface area contributed by atoms with Crippen LogP contribution < -0.4 is 9.64 Å². The molecular formula is C25H27N3O3. The number of aryl methyl sites for hydroxylation is 2. The summed E-state index contributed by atoms with van der Waals surface area (Å²) in [5.74, 6) is 1.95. The Kier molecular flexibility index (Phi) is 5.45. The smallest absolute Gasteiger partial charge is 0.257 e. The first kappa shape index (κ1) is 19.8. The summed E-state index contributed by atoms with van der Waals surface area (Å²) in [6.07, 6.45) is 6.00. The quantitative estimate of drug-likeness (QED) is 0.510. The molecule has 0 bridgehead atoms. The average Bonchev–Trinajstić information content (AvgIpc) is 3.53. The second-order valence-corrected chi connectivity index (χ2v) is 8.40. The van der Waals surface area contributed by atoms with Crippen molar-refractivity contribution in [2.75, 3.05) is 18.1 Å². The van der Waals surface area contributed by atoms with Gasteiger partial charge in [-0.25, -0.2) is 0 Å². The number of fused-ring (bicyclic) bond motifs is 1. The SMILES string of the molecule is CCCCOc1ccc(-c2nc(C3CC(=O)N(c4ccc5c(c4)CCC5)C3)no2)cc1. The highest BCUT2D eigenvalue weighted by molar-refractivity contribution is 5.96. The lowest BCUT2D eigenvalue weighted by Crippen LogP contribution is -2.24. The van der Waals surface area contributed by atoms with Crippen molar-refractivity contribution in [3.05, 3.63) is 59.4 Å². The van der Waals surface area contributed by atoms with E-state index in [2.05, 4.69) is 35.3 Å². The van der Waals surface area contributed by atoms with Crippen molar-refractivity contribution in [2.24, 2.45) is 0 Å². The van der Waals surface area contributed by atoms with Gasteiger partial charge in [-0.3, -0.25) is 4.79 Å². The molecule has 1 aromatic heterocycles. The maximum atomic E-state index is 12.7. The molecule has 2 aromatic carbocycles. The van der Waals surface area contributed by atoms with Crippen molar-refractivity contribution < 1.29 is 14.1 Å². The monoisotopic (exact) mass is 417 g/mol. The average molecular weight is 418 g/mol. The fourth-order valence-electron chi connectivity index (χ4n) is 4.40. The fraction of sp³-hybridized carbons (Fsp3) is 0.400. The Bertz CT molecular complexity index is 1070. The van der Waals surface area contributed by atoms with Crippen molar-refractivity contribution in [1.29, 1.82) is 0 Å². The Labute approximate surface area is 182 Å². The van der Waals surface area contributed by atoms with Gasteiger partial charge in [0.15, 0.2) is 5.82 Å². The number of rotatable bonds is 7. The number of aromatic nitrogens is 2. The predicted octanol–water partition coefficient (Wildman–Crippen LogP) is 4.92. The molecule has 0 radical (unpaired) electrons. The molecule has 6 nitrogen and oxygen atoms in total. The topological polar surface area (TPSA) is 68.5 Å². The Morgan fingerprint density at radius 3 is 2.81 bits per heavy atom. The van der Waals surface area contributed by atoms with E-state index in [1.54, 1.807) is 0 Å². The van der Waals surface area contributed by atoms with Crippen LogP contribution in [0.2, 0.25) is 0 Å². The minimum Gasteiger partial charge on any atom is -0.494 e. The number of carbonyl (C=O) groups is 1. The lowest BCUT2D eigenvalue weighted by atomic mass is 10.1. The van der Waals surface area contributed by atoms with E-state index in [9.17, 15) is 4.79 Å². The summed E-state index contributed by atoms with van der Waals surface area (Å²) < 4.78 is 11.2. The molecule has 2 aliphatic rings. The van der Waals surface area contributed by atoms with E-state index in [0.717, 1.165) is 49.3 Å². The van der Waals surface area contributed by atoms with Gasteiger partial charge in [0.2, 0.25) is 5.91 Å². The van der Waals surface area contributed by atoms with Gasteiger partial charge in [-0.2, -0.15) is 4.98 Å². The van der Waals surface area contributed by atoms with Crippen molar-refractivity contribution in [3.8, 4) is 17.2 Å². The van der Waals surface area contributed by atoms with Crippen LogP contribution in [0.1, 0.15) is 55.5 Å². The number of carbonyl (C=O) groups excluding carboxylic acids is 1. The van der Waals surface area contributed by atoms with E-state index in [-0.39, 0.29) is 11.8 Å². The second kappa shape index (κ2) is 8.53. The number of anilines is 1. The number of hydrogen-bond donors (Lipinski definition) is 0. The van der Waals surface area contributed by atoms with Crippen molar-refractivity contribution >= 4 is 11.6 Å². The first-order valence-corrected chi connectivity index (χ1v) is 11.2. The third-order valence-electron chi connectivity index (χ3n) is 6.19. The Balaban J connectivity index is 1.27. The summed E-state index contributed by atoms with van der Waals surface area (Å²) >= 11 is 0. The zero-order chi connectivity index (χ0) is 21.2. The first-order chi connectivity index (χ1) is 15.2. The summed E-state index contributed by atoms with van der Waals surface area (Å²) in [5, 5.41) is 4.18. The fourth-order valence-corrected chi connectivity index (χ4v) is 4.40. The first-order valence-electron chi connectivity index (χ1n) is 11.2. The van der Waals surface area contributed by atoms with Crippen LogP contribution in [-0.4, -0.2) is 29.2 Å². The van der Waals surface area contributed by atoms with E-state index in [1.807, 2.05) is 29.2 Å². The zero-order valence-electron chi connectivity index (χ0n) is 17.8. The predicted molar refractivity (Wildman–Crippen MR) is 118 cm³/mol. The molecule has 1 saturated heterocycles. The van der Waals surface area contributed by atoms with Gasteiger partial charge >= 0.3 is 0 Å². The molecule has 1 amide bonds. The molecule has 160 valence electrons. The van der Waals surface area contributed by atoms with Crippen LogP contribution in [0.4, 0.5) is 5.69 Å². The van der Waals surface area contributed by atoms with Gasteiger partial charge < -0.3 is 14.2 Å². The second-order valence-electron chi connectivity index (χ2n) is 8.40. The van der Waals surface area contributed by atoms with Gasteiger partial charge in [0.1, 0.15) is 5.75 Å². The van der Waals surface area contributed by atoms with Gasteiger partial charge in [0, 0.05) is 30.1 Å². The maximum absolute atomic E-state index is 12.7. The molecule has 1 aliphatic heterocycles. The molecule has 1 unspecified atom stereocenters. The summed E-state index contributed by atoms with van der Waals surface area (Å²) in [6.45, 7) is 3.44. The molecule has 5 rings (SSSR count). The molecule has 2 heterocycles. The largest absolute Gasteiger partial charge is 0.494 e. The highest BCUT2D eigenvalue weighted by Gasteiger charge is 2.35. The summed E-state index contributed by atoms with van der Waals surface area (Å²) in [4.78, 5) is 19.2. The number of nitrogens with zero attached hydrogens (tertiary/aromatic N) is 3. The molecule has 1 fully saturated rings. The minimum atomic E-state index is -0.0603. The number of unbranched alkanes of at least 4 members (excludes halogenated alkanes) is 1. The summed E-state index contributed by atoms with van der Waals surface area (Å²) in [7, 11) is 0. The maximum Gasteiger partial charge on any atom is 0.257 e. The lowest BCUT2D eigenvalue weighted by molar-refractivity contribution is -0.117. The van der Waals surface area contributed by atoms with Crippen LogP contribution in [0.15, 0.2) is 47.0 Å². The standard InChI is InChI=1S/C25H27N3O3/c1-2-3-13-30-22-11-8-18(9-12-22)25-26-24(27-31-25)20-15-23(29)28(16-20)21-10-7-17-5-4-6-19(17)14-21/h7-12,14,20H,2-6,13,15-16H2,1H3. The van der Waals surface area contributed by atoms with Gasteiger partial charge in [0.05, 0.1) is 6.61 Å². The lowest BCUT2D eigenvalue weighted by Gasteiger charge is -2.17. The van der Waals surface area contributed by atoms with E-state index in [0.29, 0.717) is 24.7 Å². The Morgan fingerprint density at radius 2 is 1.97 bits per heavy atom.